The number of carbonyl (C=O) groups excluding carboxylic acids is 1. The topological polar surface area (TPSA) is 44.8 Å². The second-order valence-electron chi connectivity index (χ2n) is 7.65. The van der Waals surface area contributed by atoms with Gasteiger partial charge in [0.15, 0.2) is 0 Å². The number of likely N-dealkylation sites (tertiary alicyclic amines) is 1. The summed E-state index contributed by atoms with van der Waals surface area (Å²) in [6, 6.07) is 10.7. The minimum absolute atomic E-state index is 0.0105. The van der Waals surface area contributed by atoms with E-state index in [1.807, 2.05) is 0 Å². The van der Waals surface area contributed by atoms with Crippen LogP contribution in [-0.2, 0) is 11.2 Å². The van der Waals surface area contributed by atoms with Crippen LogP contribution >= 0.6 is 0 Å². The number of urea groups is 1. The first-order valence-corrected chi connectivity index (χ1v) is 9.42. The molecule has 2 heterocycles. The number of nitrogens with zero attached hydrogens (tertiary/aromatic N) is 2. The van der Waals surface area contributed by atoms with E-state index in [0.29, 0.717) is 6.10 Å². The first-order valence-electron chi connectivity index (χ1n) is 9.42. The summed E-state index contributed by atoms with van der Waals surface area (Å²) >= 11 is 0. The number of hydrogen-bond acceptors (Lipinski definition) is 3. The third-order valence-electron chi connectivity index (χ3n) is 5.71. The Labute approximate surface area is 151 Å². The van der Waals surface area contributed by atoms with E-state index < -0.39 is 0 Å². The van der Waals surface area contributed by atoms with Crippen molar-refractivity contribution in [3.8, 4) is 0 Å². The summed E-state index contributed by atoms with van der Waals surface area (Å²) in [7, 11) is 3.56. The normalized spacial score (nSPS) is 26.2. The summed E-state index contributed by atoms with van der Waals surface area (Å²) in [5, 5.41) is 3.02. The van der Waals surface area contributed by atoms with Crippen LogP contribution in [0.25, 0.3) is 0 Å². The molecule has 5 heteroatoms. The van der Waals surface area contributed by atoms with E-state index in [2.05, 4.69) is 40.5 Å². The zero-order valence-corrected chi connectivity index (χ0v) is 15.5. The molecule has 0 bridgehead atoms. The average molecular weight is 345 g/mol. The van der Waals surface area contributed by atoms with Crippen molar-refractivity contribution in [2.24, 2.45) is 5.41 Å². The maximum absolute atomic E-state index is 11.8. The molecular weight excluding hydrogens is 314 g/mol. The molecule has 2 saturated heterocycles. The molecule has 0 aliphatic carbocycles. The maximum atomic E-state index is 11.8. The van der Waals surface area contributed by atoms with E-state index >= 15 is 0 Å². The van der Waals surface area contributed by atoms with Gasteiger partial charge in [0.25, 0.3) is 0 Å². The molecule has 2 amide bonds. The highest BCUT2D eigenvalue weighted by molar-refractivity contribution is 5.73. The zero-order valence-electron chi connectivity index (χ0n) is 15.5. The molecular formula is C20H31N3O2. The van der Waals surface area contributed by atoms with E-state index in [9.17, 15) is 4.79 Å². The Hall–Kier alpha value is -1.59. The lowest BCUT2D eigenvalue weighted by Crippen LogP contribution is -2.51. The predicted molar refractivity (Wildman–Crippen MR) is 99.7 cm³/mol. The zero-order chi connectivity index (χ0) is 17.7. The number of hydrogen-bond donors (Lipinski definition) is 1. The lowest BCUT2D eigenvalue weighted by atomic mass is 9.74. The molecule has 0 unspecified atom stereocenters. The SMILES string of the molecule is CN(C)C(=O)NCC[C@@]12CCO[C@@H]1CCN(CCc1ccccc1)C2. The summed E-state index contributed by atoms with van der Waals surface area (Å²) in [6.07, 6.45) is 4.67. The van der Waals surface area contributed by atoms with Crippen LogP contribution in [0.1, 0.15) is 24.8 Å². The van der Waals surface area contributed by atoms with Gasteiger partial charge in [-0.15, -0.1) is 0 Å². The molecule has 1 N–H and O–H groups in total. The second-order valence-corrected chi connectivity index (χ2v) is 7.65. The van der Waals surface area contributed by atoms with Crippen molar-refractivity contribution >= 4 is 6.03 Å². The highest BCUT2D eigenvalue weighted by Gasteiger charge is 2.47. The largest absolute Gasteiger partial charge is 0.378 e. The fourth-order valence-electron chi connectivity index (χ4n) is 4.20. The molecule has 0 saturated carbocycles. The van der Waals surface area contributed by atoms with Gasteiger partial charge in [0, 0.05) is 52.3 Å². The van der Waals surface area contributed by atoms with Gasteiger partial charge in [-0.1, -0.05) is 30.3 Å². The lowest BCUT2D eigenvalue weighted by Gasteiger charge is -2.44. The lowest BCUT2D eigenvalue weighted by molar-refractivity contribution is -0.0211. The van der Waals surface area contributed by atoms with Crippen LogP contribution in [0, 0.1) is 5.41 Å². The molecule has 25 heavy (non-hydrogen) atoms. The average Bonchev–Trinajstić information content (AvgIpc) is 3.03. The van der Waals surface area contributed by atoms with Gasteiger partial charge in [-0.25, -0.2) is 4.79 Å². The highest BCUT2D eigenvalue weighted by Crippen LogP contribution is 2.43. The Morgan fingerprint density at radius 2 is 2.16 bits per heavy atom. The Morgan fingerprint density at radius 1 is 1.36 bits per heavy atom. The molecule has 0 spiro atoms. The van der Waals surface area contributed by atoms with Gasteiger partial charge in [0.2, 0.25) is 0 Å². The van der Waals surface area contributed by atoms with Gasteiger partial charge >= 0.3 is 6.03 Å². The van der Waals surface area contributed by atoms with E-state index in [4.69, 9.17) is 4.74 Å². The second kappa shape index (κ2) is 8.19. The molecule has 1 aromatic rings. The van der Waals surface area contributed by atoms with Crippen molar-refractivity contribution in [2.45, 2.75) is 31.8 Å². The van der Waals surface area contributed by atoms with Crippen molar-refractivity contribution in [1.29, 1.82) is 0 Å². The number of carbonyl (C=O) groups is 1. The van der Waals surface area contributed by atoms with Crippen LogP contribution in [0.4, 0.5) is 4.79 Å². The summed E-state index contributed by atoms with van der Waals surface area (Å²) in [5.74, 6) is 0. The molecule has 2 aliphatic rings. The Morgan fingerprint density at radius 3 is 2.92 bits per heavy atom. The molecule has 0 radical (unpaired) electrons. The van der Waals surface area contributed by atoms with Gasteiger partial charge in [-0.3, -0.25) is 0 Å². The van der Waals surface area contributed by atoms with E-state index in [-0.39, 0.29) is 11.4 Å². The van der Waals surface area contributed by atoms with Crippen LogP contribution in [0.3, 0.4) is 0 Å². The van der Waals surface area contributed by atoms with E-state index in [1.165, 1.54) is 5.56 Å². The molecule has 2 aliphatic heterocycles. The monoisotopic (exact) mass is 345 g/mol. The molecule has 2 fully saturated rings. The fourth-order valence-corrected chi connectivity index (χ4v) is 4.20. The van der Waals surface area contributed by atoms with Gasteiger partial charge in [0.05, 0.1) is 6.10 Å². The summed E-state index contributed by atoms with van der Waals surface area (Å²) < 4.78 is 6.03. The first kappa shape index (κ1) is 18.2. The number of fused-ring (bicyclic) bond motifs is 1. The summed E-state index contributed by atoms with van der Waals surface area (Å²) in [4.78, 5) is 16.0. The quantitative estimate of drug-likeness (QED) is 0.861. The van der Waals surface area contributed by atoms with Crippen molar-refractivity contribution in [1.82, 2.24) is 15.1 Å². The third kappa shape index (κ3) is 4.53. The molecule has 0 aromatic heterocycles. The van der Waals surface area contributed by atoms with Crippen molar-refractivity contribution in [3.63, 3.8) is 0 Å². The van der Waals surface area contributed by atoms with Crippen LogP contribution in [-0.4, -0.2) is 68.8 Å². The number of rotatable bonds is 6. The number of piperidine rings is 1. The van der Waals surface area contributed by atoms with Crippen molar-refractivity contribution < 1.29 is 9.53 Å². The number of ether oxygens (including phenoxy) is 1. The Balaban J connectivity index is 1.54. The minimum Gasteiger partial charge on any atom is -0.378 e. The van der Waals surface area contributed by atoms with Crippen LogP contribution in [0.15, 0.2) is 30.3 Å². The highest BCUT2D eigenvalue weighted by atomic mass is 16.5. The molecule has 2 atom stereocenters. The van der Waals surface area contributed by atoms with Gasteiger partial charge < -0.3 is 19.9 Å². The van der Waals surface area contributed by atoms with Crippen molar-refractivity contribution in [3.05, 3.63) is 35.9 Å². The summed E-state index contributed by atoms with van der Waals surface area (Å²) in [5.41, 5.74) is 1.61. The van der Waals surface area contributed by atoms with E-state index in [0.717, 1.165) is 58.5 Å². The molecule has 1 aromatic carbocycles. The molecule has 138 valence electrons. The number of benzene rings is 1. The summed E-state index contributed by atoms with van der Waals surface area (Å²) in [6.45, 7) is 4.89. The van der Waals surface area contributed by atoms with Gasteiger partial charge in [0.1, 0.15) is 0 Å². The van der Waals surface area contributed by atoms with Crippen molar-refractivity contribution in [2.75, 3.05) is 46.9 Å². The van der Waals surface area contributed by atoms with Gasteiger partial charge in [-0.2, -0.15) is 0 Å². The Kier molecular flexibility index (Phi) is 5.97. The molecule has 5 nitrogen and oxygen atoms in total. The predicted octanol–water partition coefficient (Wildman–Crippen LogP) is 2.37. The first-order chi connectivity index (χ1) is 12.1. The van der Waals surface area contributed by atoms with Crippen LogP contribution in [0.5, 0.6) is 0 Å². The smallest absolute Gasteiger partial charge is 0.316 e. The fraction of sp³-hybridized carbons (Fsp3) is 0.650. The molecule has 3 rings (SSSR count). The number of nitrogens with one attached hydrogen (secondary N) is 1. The van der Waals surface area contributed by atoms with Crippen LogP contribution in [0.2, 0.25) is 0 Å². The minimum atomic E-state index is -0.0105. The standard InChI is InChI=1S/C20H31N3O2/c1-22(2)19(24)21-12-10-20-11-15-25-18(20)9-14-23(16-20)13-8-17-6-4-3-5-7-17/h3-7,18H,8-16H2,1-2H3,(H,21,24)/t18-,20+/m1/s1. The van der Waals surface area contributed by atoms with Gasteiger partial charge in [-0.05, 0) is 31.2 Å². The van der Waals surface area contributed by atoms with E-state index in [1.54, 1.807) is 19.0 Å². The maximum Gasteiger partial charge on any atom is 0.316 e. The number of amides is 2. The Bertz CT molecular complexity index is 563. The third-order valence-corrected chi connectivity index (χ3v) is 5.71. The van der Waals surface area contributed by atoms with Crippen LogP contribution < -0.4 is 5.32 Å².